The Morgan fingerprint density at radius 1 is 1.39 bits per heavy atom. The van der Waals surface area contributed by atoms with Crippen LogP contribution in [0.1, 0.15) is 48.6 Å². The molecule has 1 heterocycles. The first-order chi connectivity index (χ1) is 8.62. The van der Waals surface area contributed by atoms with E-state index in [2.05, 4.69) is 5.32 Å². The van der Waals surface area contributed by atoms with Gasteiger partial charge >= 0.3 is 5.97 Å². The lowest BCUT2D eigenvalue weighted by Crippen LogP contribution is -2.44. The van der Waals surface area contributed by atoms with Crippen LogP contribution in [-0.4, -0.2) is 27.1 Å². The van der Waals surface area contributed by atoms with E-state index in [1.807, 2.05) is 16.8 Å². The maximum absolute atomic E-state index is 12.1. The van der Waals surface area contributed by atoms with Gasteiger partial charge in [-0.3, -0.25) is 4.79 Å². The molecule has 0 aliphatic heterocycles. The van der Waals surface area contributed by atoms with Gasteiger partial charge in [-0.2, -0.15) is 0 Å². The summed E-state index contributed by atoms with van der Waals surface area (Å²) in [6, 6.07) is 4.00. The van der Waals surface area contributed by atoms with Gasteiger partial charge in [-0.25, -0.2) is 4.79 Å². The standard InChI is InChI=1S/C13H16N2O3/c16-11(14-13(6-7-13)12(17)18)10-5-2-8-15(10)9-3-1-4-9/h2,5,8-9H,1,3-4,6-7H2,(H,14,16)(H,17,18). The van der Waals surface area contributed by atoms with Gasteiger partial charge in [0.15, 0.2) is 0 Å². The van der Waals surface area contributed by atoms with E-state index in [4.69, 9.17) is 5.11 Å². The summed E-state index contributed by atoms with van der Waals surface area (Å²) in [6.07, 6.45) is 6.34. The maximum Gasteiger partial charge on any atom is 0.329 e. The first kappa shape index (κ1) is 11.3. The summed E-state index contributed by atoms with van der Waals surface area (Å²) in [5, 5.41) is 11.7. The minimum Gasteiger partial charge on any atom is -0.480 e. The molecule has 0 atom stereocenters. The van der Waals surface area contributed by atoms with Crippen LogP contribution in [0.25, 0.3) is 0 Å². The molecule has 0 radical (unpaired) electrons. The van der Waals surface area contributed by atoms with Gasteiger partial charge in [-0.15, -0.1) is 0 Å². The van der Waals surface area contributed by atoms with Gasteiger partial charge in [0.1, 0.15) is 11.2 Å². The van der Waals surface area contributed by atoms with Crippen molar-refractivity contribution in [3.8, 4) is 0 Å². The second kappa shape index (κ2) is 3.86. The van der Waals surface area contributed by atoms with Gasteiger partial charge in [-0.05, 0) is 44.2 Å². The van der Waals surface area contributed by atoms with Gasteiger partial charge < -0.3 is 15.0 Å². The molecule has 0 spiro atoms. The highest BCUT2D eigenvalue weighted by atomic mass is 16.4. The van der Waals surface area contributed by atoms with Crippen molar-refractivity contribution in [2.75, 3.05) is 0 Å². The maximum atomic E-state index is 12.1. The number of hydrogen-bond acceptors (Lipinski definition) is 2. The predicted molar refractivity (Wildman–Crippen MR) is 64.4 cm³/mol. The third kappa shape index (κ3) is 1.70. The average Bonchev–Trinajstić information content (AvgIpc) is 2.87. The minimum absolute atomic E-state index is 0.271. The second-order valence-corrected chi connectivity index (χ2v) is 5.23. The van der Waals surface area contributed by atoms with Crippen LogP contribution in [0.2, 0.25) is 0 Å². The van der Waals surface area contributed by atoms with Crippen molar-refractivity contribution < 1.29 is 14.7 Å². The zero-order valence-corrected chi connectivity index (χ0v) is 10.1. The van der Waals surface area contributed by atoms with E-state index in [1.165, 1.54) is 6.42 Å². The third-order valence-corrected chi connectivity index (χ3v) is 3.99. The van der Waals surface area contributed by atoms with Gasteiger partial charge in [0.2, 0.25) is 0 Å². The summed E-state index contributed by atoms with van der Waals surface area (Å²) in [5.41, 5.74) is -0.432. The van der Waals surface area contributed by atoms with E-state index in [0.717, 1.165) is 12.8 Å². The van der Waals surface area contributed by atoms with E-state index in [9.17, 15) is 9.59 Å². The fraction of sp³-hybridized carbons (Fsp3) is 0.538. The molecule has 1 aromatic rings. The Morgan fingerprint density at radius 3 is 2.61 bits per heavy atom. The van der Waals surface area contributed by atoms with E-state index < -0.39 is 11.5 Å². The van der Waals surface area contributed by atoms with Gasteiger partial charge in [0, 0.05) is 12.2 Å². The van der Waals surface area contributed by atoms with Crippen molar-refractivity contribution in [3.63, 3.8) is 0 Å². The summed E-state index contributed by atoms with van der Waals surface area (Å²) >= 11 is 0. The number of aliphatic carboxylic acids is 1. The van der Waals surface area contributed by atoms with Crippen molar-refractivity contribution in [1.29, 1.82) is 0 Å². The fourth-order valence-electron chi connectivity index (χ4n) is 2.37. The Labute approximate surface area is 105 Å². The Kier molecular flexibility index (Phi) is 2.43. The predicted octanol–water partition coefficient (Wildman–Crippen LogP) is 1.56. The Morgan fingerprint density at radius 2 is 2.11 bits per heavy atom. The molecule has 0 saturated heterocycles. The highest BCUT2D eigenvalue weighted by molar-refractivity contribution is 5.98. The highest BCUT2D eigenvalue weighted by Crippen LogP contribution is 2.36. The molecular weight excluding hydrogens is 232 g/mol. The smallest absolute Gasteiger partial charge is 0.329 e. The molecule has 5 heteroatoms. The molecule has 18 heavy (non-hydrogen) atoms. The minimum atomic E-state index is -1.01. The van der Waals surface area contributed by atoms with Crippen LogP contribution in [0.3, 0.4) is 0 Å². The number of hydrogen-bond donors (Lipinski definition) is 2. The number of nitrogens with zero attached hydrogens (tertiary/aromatic N) is 1. The summed E-state index contributed by atoms with van der Waals surface area (Å²) < 4.78 is 1.97. The molecule has 96 valence electrons. The molecule has 3 rings (SSSR count). The van der Waals surface area contributed by atoms with Crippen LogP contribution in [0.5, 0.6) is 0 Å². The number of rotatable bonds is 4. The van der Waals surface area contributed by atoms with Crippen LogP contribution < -0.4 is 5.32 Å². The summed E-state index contributed by atoms with van der Waals surface area (Å²) in [5.74, 6) is -1.20. The lowest BCUT2D eigenvalue weighted by Gasteiger charge is -2.29. The largest absolute Gasteiger partial charge is 0.480 e. The molecule has 5 nitrogen and oxygen atoms in total. The van der Waals surface area contributed by atoms with Crippen molar-refractivity contribution in [2.24, 2.45) is 0 Å². The molecule has 1 amide bonds. The zero-order chi connectivity index (χ0) is 12.8. The molecule has 0 unspecified atom stereocenters. The lowest BCUT2D eigenvalue weighted by molar-refractivity contribution is -0.140. The molecular formula is C13H16N2O3. The van der Waals surface area contributed by atoms with E-state index >= 15 is 0 Å². The quantitative estimate of drug-likeness (QED) is 0.849. The number of amides is 1. The van der Waals surface area contributed by atoms with Crippen molar-refractivity contribution >= 4 is 11.9 Å². The monoisotopic (exact) mass is 248 g/mol. The average molecular weight is 248 g/mol. The second-order valence-electron chi connectivity index (χ2n) is 5.23. The van der Waals surface area contributed by atoms with Crippen LogP contribution in [-0.2, 0) is 4.79 Å². The molecule has 2 saturated carbocycles. The molecule has 2 aliphatic rings. The number of carboxylic acids is 1. The molecule has 0 aromatic carbocycles. The van der Waals surface area contributed by atoms with Gasteiger partial charge in [0.05, 0.1) is 0 Å². The summed E-state index contributed by atoms with van der Waals surface area (Å²) in [6.45, 7) is 0. The number of nitrogens with one attached hydrogen (secondary N) is 1. The fourth-order valence-corrected chi connectivity index (χ4v) is 2.37. The van der Waals surface area contributed by atoms with Gasteiger partial charge in [0.25, 0.3) is 5.91 Å². The number of carbonyl (C=O) groups excluding carboxylic acids is 1. The molecule has 0 bridgehead atoms. The van der Waals surface area contributed by atoms with Crippen molar-refractivity contribution in [1.82, 2.24) is 9.88 Å². The number of carbonyl (C=O) groups is 2. The van der Waals surface area contributed by atoms with E-state index in [-0.39, 0.29) is 5.91 Å². The topological polar surface area (TPSA) is 71.3 Å². The van der Waals surface area contributed by atoms with Crippen LogP contribution >= 0.6 is 0 Å². The normalized spacial score (nSPS) is 21.1. The summed E-state index contributed by atoms with van der Waals surface area (Å²) in [7, 11) is 0. The van der Waals surface area contributed by atoms with E-state index in [1.54, 1.807) is 6.07 Å². The molecule has 1 aromatic heterocycles. The lowest BCUT2D eigenvalue weighted by atomic mass is 9.93. The molecule has 2 fully saturated rings. The van der Waals surface area contributed by atoms with Crippen LogP contribution in [0, 0.1) is 0 Å². The SMILES string of the molecule is O=C(NC1(C(=O)O)CC1)c1cccn1C1CCC1. The zero-order valence-electron chi connectivity index (χ0n) is 10.1. The molecule has 2 N–H and O–H groups in total. The van der Waals surface area contributed by atoms with Crippen molar-refractivity contribution in [2.45, 2.75) is 43.7 Å². The summed E-state index contributed by atoms with van der Waals surface area (Å²) in [4.78, 5) is 23.2. The number of carboxylic acid groups (broad SMARTS) is 1. The Bertz CT molecular complexity index is 498. The molecule has 2 aliphatic carbocycles. The van der Waals surface area contributed by atoms with Crippen LogP contribution in [0.15, 0.2) is 18.3 Å². The van der Waals surface area contributed by atoms with Crippen LogP contribution in [0.4, 0.5) is 0 Å². The van der Waals surface area contributed by atoms with Gasteiger partial charge in [-0.1, -0.05) is 0 Å². The first-order valence-electron chi connectivity index (χ1n) is 6.35. The Balaban J connectivity index is 1.76. The third-order valence-electron chi connectivity index (χ3n) is 3.99. The van der Waals surface area contributed by atoms with Crippen molar-refractivity contribution in [3.05, 3.63) is 24.0 Å². The van der Waals surface area contributed by atoms with E-state index in [0.29, 0.717) is 24.6 Å². The first-order valence-corrected chi connectivity index (χ1v) is 6.35. The Hall–Kier alpha value is -1.78. The highest BCUT2D eigenvalue weighted by Gasteiger charge is 2.52. The number of aromatic nitrogens is 1.